The Morgan fingerprint density at radius 3 is 2.09 bits per heavy atom. The molecule has 0 atom stereocenters. The lowest BCUT2D eigenvalue weighted by Crippen LogP contribution is -2.14. The molecule has 5 rings (SSSR count). The van der Waals surface area contributed by atoms with Crippen molar-refractivity contribution in [1.82, 2.24) is 4.98 Å². The molecule has 0 unspecified atom stereocenters. The van der Waals surface area contributed by atoms with Crippen molar-refractivity contribution >= 4 is 11.6 Å². The van der Waals surface area contributed by atoms with Gasteiger partial charge in [0.1, 0.15) is 12.4 Å². The van der Waals surface area contributed by atoms with Crippen LogP contribution in [0.5, 0.6) is 5.75 Å². The Kier molecular flexibility index (Phi) is 6.63. The van der Waals surface area contributed by atoms with E-state index >= 15 is 0 Å². The van der Waals surface area contributed by atoms with E-state index in [0.717, 1.165) is 33.5 Å². The van der Waals surface area contributed by atoms with Gasteiger partial charge in [0.2, 0.25) is 0 Å². The van der Waals surface area contributed by atoms with E-state index in [1.165, 1.54) is 0 Å². The Morgan fingerprint density at radius 2 is 1.31 bits per heavy atom. The summed E-state index contributed by atoms with van der Waals surface area (Å²) >= 11 is 0. The fourth-order valence-electron chi connectivity index (χ4n) is 3.90. The first-order valence-electron chi connectivity index (χ1n) is 11.4. The van der Waals surface area contributed by atoms with Crippen molar-refractivity contribution in [3.63, 3.8) is 0 Å². The maximum absolute atomic E-state index is 13.5. The summed E-state index contributed by atoms with van der Waals surface area (Å²) in [6.07, 6.45) is 3.48. The van der Waals surface area contributed by atoms with Crippen molar-refractivity contribution in [3.05, 3.63) is 139 Å². The van der Waals surface area contributed by atoms with E-state index < -0.39 is 0 Å². The number of nitrogens with zero attached hydrogens (tertiary/aromatic N) is 1. The number of hydrogen-bond acceptors (Lipinski definition) is 3. The Hall–Kier alpha value is -4.70. The smallest absolute Gasteiger partial charge is 0.259 e. The highest BCUT2D eigenvalue weighted by Gasteiger charge is 2.16. The van der Waals surface area contributed by atoms with Crippen molar-refractivity contribution in [1.29, 1.82) is 0 Å². The molecule has 5 aromatic rings. The summed E-state index contributed by atoms with van der Waals surface area (Å²) in [5.74, 6) is 0.303. The zero-order valence-corrected chi connectivity index (χ0v) is 19.1. The van der Waals surface area contributed by atoms with Crippen LogP contribution in [0.15, 0.2) is 128 Å². The molecule has 1 amide bonds. The summed E-state index contributed by atoms with van der Waals surface area (Å²) in [5, 5.41) is 3.05. The Balaban J connectivity index is 1.44. The third-order valence-electron chi connectivity index (χ3n) is 5.70. The monoisotopic (exact) mass is 456 g/mol. The summed E-state index contributed by atoms with van der Waals surface area (Å²) in [6, 6.07) is 37.4. The fraction of sp³-hybridized carbons (Fsp3) is 0.0323. The maximum Gasteiger partial charge on any atom is 0.259 e. The first kappa shape index (κ1) is 22.1. The van der Waals surface area contributed by atoms with Crippen molar-refractivity contribution < 1.29 is 9.53 Å². The molecule has 0 aliphatic carbocycles. The predicted molar refractivity (Wildman–Crippen MR) is 140 cm³/mol. The molecule has 4 aromatic carbocycles. The van der Waals surface area contributed by atoms with E-state index in [4.69, 9.17) is 4.74 Å². The molecule has 170 valence electrons. The quantitative estimate of drug-likeness (QED) is 0.281. The van der Waals surface area contributed by atoms with Gasteiger partial charge in [-0.2, -0.15) is 0 Å². The average molecular weight is 457 g/mol. The summed E-state index contributed by atoms with van der Waals surface area (Å²) in [5.41, 5.74) is 6.26. The average Bonchev–Trinajstić information content (AvgIpc) is 2.93. The van der Waals surface area contributed by atoms with Gasteiger partial charge in [0.05, 0.1) is 5.56 Å². The molecule has 0 radical (unpaired) electrons. The number of carbonyl (C=O) groups excluding carboxylic acids is 1. The highest BCUT2D eigenvalue weighted by atomic mass is 16.5. The van der Waals surface area contributed by atoms with E-state index in [9.17, 15) is 4.79 Å². The second-order valence-corrected chi connectivity index (χ2v) is 8.12. The van der Waals surface area contributed by atoms with Gasteiger partial charge in [0, 0.05) is 18.1 Å². The maximum atomic E-state index is 13.5. The Morgan fingerprint density at radius 1 is 0.657 bits per heavy atom. The van der Waals surface area contributed by atoms with Crippen LogP contribution in [0, 0.1) is 0 Å². The molecule has 1 N–H and O–H groups in total. The van der Waals surface area contributed by atoms with E-state index in [-0.39, 0.29) is 5.91 Å². The number of anilines is 1. The molecule has 1 heterocycles. The fourth-order valence-corrected chi connectivity index (χ4v) is 3.90. The molecular formula is C31H24N2O2. The van der Waals surface area contributed by atoms with Crippen LogP contribution in [0.2, 0.25) is 0 Å². The lowest BCUT2D eigenvalue weighted by molar-refractivity contribution is 0.102. The van der Waals surface area contributed by atoms with Crippen LogP contribution in [0.4, 0.5) is 5.69 Å². The highest BCUT2D eigenvalue weighted by Crippen LogP contribution is 2.29. The number of nitrogens with one attached hydrogen (secondary N) is 1. The molecule has 0 aliphatic heterocycles. The van der Waals surface area contributed by atoms with Crippen LogP contribution < -0.4 is 10.1 Å². The van der Waals surface area contributed by atoms with Gasteiger partial charge in [-0.15, -0.1) is 0 Å². The topological polar surface area (TPSA) is 51.2 Å². The molecule has 0 spiro atoms. The predicted octanol–water partition coefficient (Wildman–Crippen LogP) is 7.25. The molecule has 0 saturated heterocycles. The molecule has 35 heavy (non-hydrogen) atoms. The van der Waals surface area contributed by atoms with Crippen LogP contribution in [-0.2, 0) is 6.61 Å². The zero-order valence-electron chi connectivity index (χ0n) is 19.1. The lowest BCUT2D eigenvalue weighted by atomic mass is 10.0. The number of hydrogen-bond donors (Lipinski definition) is 1. The van der Waals surface area contributed by atoms with Gasteiger partial charge in [-0.1, -0.05) is 78.9 Å². The van der Waals surface area contributed by atoms with Gasteiger partial charge in [-0.25, -0.2) is 0 Å². The molecule has 4 heteroatoms. The molecule has 0 bridgehead atoms. The van der Waals surface area contributed by atoms with Crippen molar-refractivity contribution in [2.24, 2.45) is 0 Å². The largest absolute Gasteiger partial charge is 0.488 e. The molecular weight excluding hydrogens is 432 g/mol. The summed E-state index contributed by atoms with van der Waals surface area (Å²) in [6.45, 7) is 0.374. The van der Waals surface area contributed by atoms with Crippen molar-refractivity contribution in [3.8, 4) is 28.0 Å². The number of ether oxygens (including phenoxy) is 1. The van der Waals surface area contributed by atoms with Gasteiger partial charge in [-0.3, -0.25) is 9.78 Å². The summed E-state index contributed by atoms with van der Waals surface area (Å²) in [7, 11) is 0. The molecule has 0 saturated carbocycles. The molecule has 0 aliphatic rings. The number of pyridine rings is 1. The van der Waals surface area contributed by atoms with Crippen molar-refractivity contribution in [2.75, 3.05) is 5.32 Å². The van der Waals surface area contributed by atoms with E-state index in [1.807, 2.05) is 103 Å². The standard InChI is InChI=1S/C31H24N2O2/c34-31(33-28-13-7-12-26(20-28)24-10-5-2-6-11-24)29-21-27(25-16-18-32-19-17-25)14-15-30(29)35-22-23-8-3-1-4-9-23/h1-21H,22H2,(H,33,34). The minimum Gasteiger partial charge on any atom is -0.488 e. The number of carbonyl (C=O) groups is 1. The number of rotatable bonds is 7. The van der Waals surface area contributed by atoms with Crippen LogP contribution in [0.1, 0.15) is 15.9 Å². The second kappa shape index (κ2) is 10.5. The normalized spacial score (nSPS) is 10.5. The first-order valence-corrected chi connectivity index (χ1v) is 11.4. The van der Waals surface area contributed by atoms with E-state index in [1.54, 1.807) is 12.4 Å². The molecule has 1 aromatic heterocycles. The Bertz CT molecular complexity index is 1420. The van der Waals surface area contributed by atoms with Gasteiger partial charge in [-0.05, 0) is 64.2 Å². The molecule has 4 nitrogen and oxygen atoms in total. The van der Waals surface area contributed by atoms with Crippen LogP contribution in [0.3, 0.4) is 0 Å². The second-order valence-electron chi connectivity index (χ2n) is 8.12. The molecule has 0 fully saturated rings. The van der Waals surface area contributed by atoms with Crippen LogP contribution in [0.25, 0.3) is 22.3 Å². The number of amides is 1. The van der Waals surface area contributed by atoms with Crippen molar-refractivity contribution in [2.45, 2.75) is 6.61 Å². The van der Waals surface area contributed by atoms with Gasteiger partial charge >= 0.3 is 0 Å². The zero-order chi connectivity index (χ0) is 23.9. The van der Waals surface area contributed by atoms with Gasteiger partial charge in [0.15, 0.2) is 0 Å². The van der Waals surface area contributed by atoms with Gasteiger partial charge in [0.25, 0.3) is 5.91 Å². The first-order chi connectivity index (χ1) is 17.3. The Labute approximate surface area is 204 Å². The summed E-state index contributed by atoms with van der Waals surface area (Å²) in [4.78, 5) is 17.6. The SMILES string of the molecule is O=C(Nc1cccc(-c2ccccc2)c1)c1cc(-c2ccncc2)ccc1OCc1ccccc1. The van der Waals surface area contributed by atoms with Gasteiger partial charge < -0.3 is 10.1 Å². The highest BCUT2D eigenvalue weighted by molar-refractivity contribution is 6.07. The third-order valence-corrected chi connectivity index (χ3v) is 5.70. The lowest BCUT2D eigenvalue weighted by Gasteiger charge is -2.14. The minimum atomic E-state index is -0.228. The van der Waals surface area contributed by atoms with Crippen LogP contribution >= 0.6 is 0 Å². The number of aromatic nitrogens is 1. The van der Waals surface area contributed by atoms with Crippen LogP contribution in [-0.4, -0.2) is 10.9 Å². The van der Waals surface area contributed by atoms with E-state index in [2.05, 4.69) is 22.4 Å². The van der Waals surface area contributed by atoms with E-state index in [0.29, 0.717) is 17.9 Å². The third kappa shape index (κ3) is 5.45. The number of benzene rings is 4. The summed E-state index contributed by atoms with van der Waals surface area (Å²) < 4.78 is 6.09. The minimum absolute atomic E-state index is 0.228.